The highest BCUT2D eigenvalue weighted by Crippen LogP contribution is 2.33. The summed E-state index contributed by atoms with van der Waals surface area (Å²) in [5, 5.41) is 2.31. The number of hydrogen-bond donors (Lipinski definition) is 1. The van der Waals surface area contributed by atoms with Crippen LogP contribution in [0.5, 0.6) is 5.75 Å². The average molecular weight is 625 g/mol. The summed E-state index contributed by atoms with van der Waals surface area (Å²) in [4.78, 5) is 50.4. The molecule has 1 saturated heterocycles. The summed E-state index contributed by atoms with van der Waals surface area (Å²) in [6, 6.07) is 13.4. The Kier molecular flexibility index (Phi) is 9.37. The standard InChI is InChI=1S/C32H35F3N6O4/c1-4-29(42)38-30(43)20(2)41-18-25-24(31(41)44)6-5-7-26(25)45-19-23-10-8-22(9-11-23)17-39-12-14-40(15-13-39)28-16-27(32(33,34)35)36-21(3)37-28/h5-11,16,20H,4,12-15,17-19H2,1-3H3,(H,38,42,43). The predicted molar refractivity (Wildman–Crippen MR) is 159 cm³/mol. The minimum absolute atomic E-state index is 0.0959. The third kappa shape index (κ3) is 7.42. The molecule has 0 spiro atoms. The van der Waals surface area contributed by atoms with E-state index in [1.165, 1.54) is 11.8 Å². The van der Waals surface area contributed by atoms with Crippen molar-refractivity contribution in [3.05, 3.63) is 82.3 Å². The van der Waals surface area contributed by atoms with Gasteiger partial charge in [0.25, 0.3) is 5.91 Å². The van der Waals surface area contributed by atoms with Gasteiger partial charge in [-0.05, 0) is 37.1 Å². The molecule has 13 heteroatoms. The minimum Gasteiger partial charge on any atom is -0.489 e. The van der Waals surface area contributed by atoms with Gasteiger partial charge in [-0.2, -0.15) is 13.2 Å². The number of alkyl halides is 3. The third-order valence-corrected chi connectivity index (χ3v) is 8.02. The van der Waals surface area contributed by atoms with E-state index in [0.717, 1.165) is 17.2 Å². The Balaban J connectivity index is 1.14. The SMILES string of the molecule is CCC(=O)NC(=O)C(C)N1Cc2c(OCc3ccc(CN4CCN(c5cc(C(F)(F)F)nc(C)n5)CC4)cc3)cccc2C1=O. The van der Waals surface area contributed by atoms with Crippen molar-refractivity contribution in [2.24, 2.45) is 0 Å². The number of ether oxygens (including phenoxy) is 1. The summed E-state index contributed by atoms with van der Waals surface area (Å²) in [6.07, 6.45) is -4.34. The number of carbonyl (C=O) groups is 3. The highest BCUT2D eigenvalue weighted by Gasteiger charge is 2.36. The van der Waals surface area contributed by atoms with Gasteiger partial charge in [0, 0.05) is 56.3 Å². The zero-order valence-corrected chi connectivity index (χ0v) is 25.4. The summed E-state index contributed by atoms with van der Waals surface area (Å²) < 4.78 is 45.7. The molecule has 2 aliphatic heterocycles. The lowest BCUT2D eigenvalue weighted by atomic mass is 10.1. The Bertz CT molecular complexity index is 1570. The second-order valence-corrected chi connectivity index (χ2v) is 11.2. The Morgan fingerprint density at radius 3 is 2.38 bits per heavy atom. The summed E-state index contributed by atoms with van der Waals surface area (Å²) >= 11 is 0. The van der Waals surface area contributed by atoms with Crippen LogP contribution in [0, 0.1) is 6.92 Å². The Morgan fingerprint density at radius 2 is 1.71 bits per heavy atom. The van der Waals surface area contributed by atoms with Gasteiger partial charge >= 0.3 is 6.18 Å². The molecule has 1 atom stereocenters. The van der Waals surface area contributed by atoms with Gasteiger partial charge in [0.05, 0.1) is 6.54 Å². The number of aryl methyl sites for hydroxylation is 1. The third-order valence-electron chi connectivity index (χ3n) is 8.02. The number of nitrogens with zero attached hydrogens (tertiary/aromatic N) is 5. The van der Waals surface area contributed by atoms with Gasteiger partial charge in [0.2, 0.25) is 11.8 Å². The van der Waals surface area contributed by atoms with Crippen molar-refractivity contribution >= 4 is 23.5 Å². The first-order valence-electron chi connectivity index (χ1n) is 14.8. The quantitative estimate of drug-likeness (QED) is 0.379. The lowest BCUT2D eigenvalue weighted by Crippen LogP contribution is -2.46. The van der Waals surface area contributed by atoms with Gasteiger partial charge in [-0.3, -0.25) is 24.6 Å². The largest absolute Gasteiger partial charge is 0.489 e. The summed E-state index contributed by atoms with van der Waals surface area (Å²) in [7, 11) is 0. The van der Waals surface area contributed by atoms with Crippen LogP contribution in [0.15, 0.2) is 48.5 Å². The smallest absolute Gasteiger partial charge is 0.433 e. The molecule has 0 bridgehead atoms. The first kappa shape index (κ1) is 31.9. The van der Waals surface area contributed by atoms with Crippen LogP contribution in [-0.4, -0.2) is 69.7 Å². The number of amides is 3. The molecule has 238 valence electrons. The van der Waals surface area contributed by atoms with Crippen molar-refractivity contribution < 1.29 is 32.3 Å². The van der Waals surface area contributed by atoms with E-state index in [2.05, 4.69) is 20.2 Å². The van der Waals surface area contributed by atoms with Crippen LogP contribution in [0.3, 0.4) is 0 Å². The molecule has 3 aromatic rings. The van der Waals surface area contributed by atoms with Crippen molar-refractivity contribution in [2.75, 3.05) is 31.1 Å². The first-order valence-corrected chi connectivity index (χ1v) is 14.8. The molecule has 0 aliphatic carbocycles. The van der Waals surface area contributed by atoms with Crippen molar-refractivity contribution in [2.45, 2.75) is 59.1 Å². The van der Waals surface area contributed by atoms with Crippen LogP contribution in [0.4, 0.5) is 19.0 Å². The van der Waals surface area contributed by atoms with Crippen LogP contribution in [0.1, 0.15) is 58.8 Å². The predicted octanol–water partition coefficient (Wildman–Crippen LogP) is 4.10. The molecule has 0 saturated carbocycles. The van der Waals surface area contributed by atoms with E-state index < -0.39 is 29.7 Å². The fraction of sp³-hybridized carbons (Fsp3) is 0.406. The lowest BCUT2D eigenvalue weighted by Gasteiger charge is -2.35. The molecular weight excluding hydrogens is 589 g/mol. The molecule has 10 nitrogen and oxygen atoms in total. The molecular formula is C32H35F3N6O4. The zero-order valence-electron chi connectivity index (χ0n) is 25.4. The van der Waals surface area contributed by atoms with E-state index in [1.807, 2.05) is 29.2 Å². The number of halogens is 3. The van der Waals surface area contributed by atoms with Gasteiger partial charge < -0.3 is 14.5 Å². The summed E-state index contributed by atoms with van der Waals surface area (Å²) in [5.41, 5.74) is 2.28. The Morgan fingerprint density at radius 1 is 1.02 bits per heavy atom. The second kappa shape index (κ2) is 13.2. The maximum absolute atomic E-state index is 13.2. The topological polar surface area (TPSA) is 108 Å². The van der Waals surface area contributed by atoms with Crippen LogP contribution in [0.2, 0.25) is 0 Å². The van der Waals surface area contributed by atoms with E-state index in [4.69, 9.17) is 4.74 Å². The monoisotopic (exact) mass is 624 g/mol. The Hall–Kier alpha value is -4.52. The van der Waals surface area contributed by atoms with Gasteiger partial charge in [0.15, 0.2) is 0 Å². The fourth-order valence-electron chi connectivity index (χ4n) is 5.40. The maximum Gasteiger partial charge on any atom is 0.433 e. The zero-order chi connectivity index (χ0) is 32.3. The normalized spacial score (nSPS) is 16.0. The molecule has 1 unspecified atom stereocenters. The van der Waals surface area contributed by atoms with Gasteiger partial charge in [-0.15, -0.1) is 0 Å². The molecule has 3 heterocycles. The van der Waals surface area contributed by atoms with E-state index in [-0.39, 0.29) is 31.3 Å². The number of imide groups is 1. The number of hydrogen-bond acceptors (Lipinski definition) is 8. The Labute approximate surface area is 259 Å². The van der Waals surface area contributed by atoms with E-state index in [1.54, 1.807) is 32.0 Å². The maximum atomic E-state index is 13.2. The molecule has 5 rings (SSSR count). The summed E-state index contributed by atoms with van der Waals surface area (Å²) in [6.45, 7) is 8.36. The number of rotatable bonds is 9. The highest BCUT2D eigenvalue weighted by atomic mass is 19.4. The summed E-state index contributed by atoms with van der Waals surface area (Å²) in [5.74, 6) is -0.252. The molecule has 1 aromatic heterocycles. The van der Waals surface area contributed by atoms with Gasteiger partial charge in [0.1, 0.15) is 35.7 Å². The van der Waals surface area contributed by atoms with Gasteiger partial charge in [-0.25, -0.2) is 9.97 Å². The first-order chi connectivity index (χ1) is 21.4. The molecule has 1 N–H and O–H groups in total. The minimum atomic E-state index is -4.52. The van der Waals surface area contributed by atoms with Crippen LogP contribution >= 0.6 is 0 Å². The highest BCUT2D eigenvalue weighted by molar-refractivity contribution is 6.04. The molecule has 0 radical (unpaired) electrons. The van der Waals surface area contributed by atoms with Gasteiger partial charge in [-0.1, -0.05) is 37.3 Å². The van der Waals surface area contributed by atoms with E-state index in [9.17, 15) is 27.6 Å². The van der Waals surface area contributed by atoms with Crippen molar-refractivity contribution in [1.29, 1.82) is 0 Å². The molecule has 1 fully saturated rings. The number of anilines is 1. The number of fused-ring (bicyclic) bond motifs is 1. The molecule has 45 heavy (non-hydrogen) atoms. The number of piperazine rings is 1. The fourth-order valence-corrected chi connectivity index (χ4v) is 5.40. The van der Waals surface area contributed by atoms with Crippen molar-refractivity contribution in [3.8, 4) is 5.75 Å². The van der Waals surface area contributed by atoms with E-state index in [0.29, 0.717) is 55.4 Å². The number of nitrogens with one attached hydrogen (secondary N) is 1. The number of aromatic nitrogens is 2. The number of carbonyl (C=O) groups excluding carboxylic acids is 3. The molecule has 2 aromatic carbocycles. The molecule has 3 amide bonds. The lowest BCUT2D eigenvalue weighted by molar-refractivity contribution is -0.141. The van der Waals surface area contributed by atoms with Crippen LogP contribution in [0.25, 0.3) is 0 Å². The van der Waals surface area contributed by atoms with E-state index >= 15 is 0 Å². The van der Waals surface area contributed by atoms with Crippen molar-refractivity contribution in [1.82, 2.24) is 25.1 Å². The van der Waals surface area contributed by atoms with Crippen LogP contribution < -0.4 is 15.0 Å². The molecule has 2 aliphatic rings. The van der Waals surface area contributed by atoms with Crippen molar-refractivity contribution in [3.63, 3.8) is 0 Å². The average Bonchev–Trinajstić information content (AvgIpc) is 3.36. The number of benzene rings is 2. The second-order valence-electron chi connectivity index (χ2n) is 11.2. The van der Waals surface area contributed by atoms with Crippen LogP contribution in [-0.2, 0) is 35.5 Å².